The molecular weight excluding hydrogens is 302 g/mol. The summed E-state index contributed by atoms with van der Waals surface area (Å²) in [5, 5.41) is 12.4. The molecule has 0 radical (unpaired) electrons. The summed E-state index contributed by atoms with van der Waals surface area (Å²) in [5.74, 6) is -1.38. The molecule has 0 saturated heterocycles. The lowest BCUT2D eigenvalue weighted by atomic mass is 10.1. The van der Waals surface area contributed by atoms with Crippen LogP contribution in [0.1, 0.15) is 11.1 Å². The molecule has 1 amide bonds. The second kappa shape index (κ2) is 7.61. The van der Waals surface area contributed by atoms with Gasteiger partial charge in [-0.25, -0.2) is 4.79 Å². The fourth-order valence-electron chi connectivity index (χ4n) is 2.08. The number of hydrogen-bond donors (Lipinski definition) is 2. The van der Waals surface area contributed by atoms with Gasteiger partial charge in [-0.15, -0.1) is 0 Å². The molecule has 0 unspecified atom stereocenters. The highest BCUT2D eigenvalue weighted by Crippen LogP contribution is 2.10. The maximum absolute atomic E-state index is 12.0. The van der Waals surface area contributed by atoms with Gasteiger partial charge in [-0.05, 0) is 23.3 Å². The highest BCUT2D eigenvalue weighted by Gasteiger charge is 2.20. The first-order chi connectivity index (χ1) is 10.5. The number of rotatable bonds is 6. The third kappa shape index (κ3) is 4.90. The Kier molecular flexibility index (Phi) is 5.55. The molecule has 0 aliphatic carbocycles. The van der Waals surface area contributed by atoms with Gasteiger partial charge in [0.25, 0.3) is 0 Å². The fraction of sp³-hybridized carbons (Fsp3) is 0.176. The quantitative estimate of drug-likeness (QED) is 0.861. The minimum absolute atomic E-state index is 0.121. The molecule has 2 aromatic carbocycles. The maximum Gasteiger partial charge on any atom is 0.326 e. The lowest BCUT2D eigenvalue weighted by molar-refractivity contribution is -0.141. The van der Waals surface area contributed by atoms with Crippen LogP contribution >= 0.6 is 11.6 Å². The van der Waals surface area contributed by atoms with Gasteiger partial charge in [0.2, 0.25) is 5.91 Å². The van der Waals surface area contributed by atoms with E-state index in [1.54, 1.807) is 24.3 Å². The summed E-state index contributed by atoms with van der Waals surface area (Å²) in [6, 6.07) is 15.1. The Bertz CT molecular complexity index is 641. The van der Waals surface area contributed by atoms with Gasteiger partial charge < -0.3 is 10.4 Å². The normalized spacial score (nSPS) is 11.7. The first-order valence-corrected chi connectivity index (χ1v) is 7.23. The van der Waals surface area contributed by atoms with Crippen LogP contribution in [0.2, 0.25) is 5.02 Å². The van der Waals surface area contributed by atoms with Gasteiger partial charge >= 0.3 is 5.97 Å². The average Bonchev–Trinajstić information content (AvgIpc) is 2.50. The average molecular weight is 318 g/mol. The minimum atomic E-state index is -1.05. The molecule has 1 atom stereocenters. The summed E-state index contributed by atoms with van der Waals surface area (Å²) in [5.41, 5.74) is 1.65. The Hall–Kier alpha value is -2.33. The standard InChI is InChI=1S/C17H16ClNO3/c18-14-8-6-13(7-9-14)11-16(20)19-15(17(21)22)10-12-4-2-1-3-5-12/h1-9,15H,10-11H2,(H,19,20)(H,21,22)/t15-/m1/s1. The van der Waals surface area contributed by atoms with E-state index in [2.05, 4.69) is 5.32 Å². The van der Waals surface area contributed by atoms with Gasteiger partial charge in [0.15, 0.2) is 0 Å². The molecule has 0 fully saturated rings. The number of carbonyl (C=O) groups excluding carboxylic acids is 1. The smallest absolute Gasteiger partial charge is 0.326 e. The Labute approximate surface area is 133 Å². The van der Waals surface area contributed by atoms with E-state index in [4.69, 9.17) is 11.6 Å². The molecular formula is C17H16ClNO3. The SMILES string of the molecule is O=C(Cc1ccc(Cl)cc1)N[C@H](Cc1ccccc1)C(=O)O. The van der Waals surface area contributed by atoms with E-state index < -0.39 is 12.0 Å². The number of aliphatic carboxylic acids is 1. The topological polar surface area (TPSA) is 66.4 Å². The molecule has 0 saturated carbocycles. The zero-order chi connectivity index (χ0) is 15.9. The zero-order valence-electron chi connectivity index (χ0n) is 11.8. The van der Waals surface area contributed by atoms with E-state index >= 15 is 0 Å². The minimum Gasteiger partial charge on any atom is -0.480 e. The first-order valence-electron chi connectivity index (χ1n) is 6.85. The van der Waals surface area contributed by atoms with Crippen molar-refractivity contribution in [2.45, 2.75) is 18.9 Å². The molecule has 5 heteroatoms. The van der Waals surface area contributed by atoms with Crippen molar-refractivity contribution in [3.05, 3.63) is 70.7 Å². The summed E-state index contributed by atoms with van der Waals surface area (Å²) in [6.45, 7) is 0. The van der Waals surface area contributed by atoms with Gasteiger partial charge in [-0.2, -0.15) is 0 Å². The van der Waals surface area contributed by atoms with E-state index in [1.165, 1.54) is 0 Å². The zero-order valence-corrected chi connectivity index (χ0v) is 12.6. The second-order valence-corrected chi connectivity index (χ2v) is 5.39. The molecule has 4 nitrogen and oxygen atoms in total. The lowest BCUT2D eigenvalue weighted by Gasteiger charge is -2.14. The molecule has 2 rings (SSSR count). The number of halogens is 1. The maximum atomic E-state index is 12.0. The van der Waals surface area contributed by atoms with Crippen molar-refractivity contribution in [1.29, 1.82) is 0 Å². The number of carbonyl (C=O) groups is 2. The van der Waals surface area contributed by atoms with Gasteiger partial charge in [0, 0.05) is 11.4 Å². The molecule has 0 bridgehead atoms. The van der Waals surface area contributed by atoms with Crippen LogP contribution in [0.25, 0.3) is 0 Å². The Balaban J connectivity index is 1.97. The molecule has 0 aliphatic rings. The predicted octanol–water partition coefficient (Wildman–Crippen LogP) is 2.69. The number of carboxylic acid groups (broad SMARTS) is 1. The Morgan fingerprint density at radius 2 is 1.64 bits per heavy atom. The molecule has 2 aromatic rings. The molecule has 0 aliphatic heterocycles. The van der Waals surface area contributed by atoms with E-state index in [0.717, 1.165) is 11.1 Å². The lowest BCUT2D eigenvalue weighted by Crippen LogP contribution is -2.43. The highest BCUT2D eigenvalue weighted by atomic mass is 35.5. The number of amides is 1. The summed E-state index contributed by atoms with van der Waals surface area (Å²) in [7, 11) is 0. The van der Waals surface area contributed by atoms with Gasteiger partial charge in [-0.3, -0.25) is 4.79 Å². The number of hydrogen-bond acceptors (Lipinski definition) is 2. The molecule has 2 N–H and O–H groups in total. The van der Waals surface area contributed by atoms with Crippen molar-refractivity contribution in [2.75, 3.05) is 0 Å². The van der Waals surface area contributed by atoms with E-state index in [-0.39, 0.29) is 18.7 Å². The fourth-order valence-corrected chi connectivity index (χ4v) is 2.21. The van der Waals surface area contributed by atoms with Gasteiger partial charge in [0.05, 0.1) is 6.42 Å². The van der Waals surface area contributed by atoms with Gasteiger partial charge in [-0.1, -0.05) is 54.1 Å². The van der Waals surface area contributed by atoms with Crippen LogP contribution in [0.4, 0.5) is 0 Å². The molecule has 0 heterocycles. The van der Waals surface area contributed by atoms with E-state index in [0.29, 0.717) is 5.02 Å². The number of carboxylic acids is 1. The molecule has 0 aromatic heterocycles. The van der Waals surface area contributed by atoms with Crippen molar-refractivity contribution in [2.24, 2.45) is 0 Å². The van der Waals surface area contributed by atoms with Crippen molar-refractivity contribution < 1.29 is 14.7 Å². The summed E-state index contributed by atoms with van der Waals surface area (Å²) in [4.78, 5) is 23.3. The van der Waals surface area contributed by atoms with Gasteiger partial charge in [0.1, 0.15) is 6.04 Å². The van der Waals surface area contributed by atoms with E-state index in [1.807, 2.05) is 30.3 Å². The van der Waals surface area contributed by atoms with Crippen LogP contribution in [0.5, 0.6) is 0 Å². The van der Waals surface area contributed by atoms with Crippen LogP contribution in [0.15, 0.2) is 54.6 Å². The number of nitrogens with one attached hydrogen (secondary N) is 1. The van der Waals surface area contributed by atoms with Crippen LogP contribution in [-0.4, -0.2) is 23.0 Å². The largest absolute Gasteiger partial charge is 0.480 e. The van der Waals surface area contributed by atoms with Crippen molar-refractivity contribution >= 4 is 23.5 Å². The highest BCUT2D eigenvalue weighted by molar-refractivity contribution is 6.30. The van der Waals surface area contributed by atoms with Crippen molar-refractivity contribution in [3.63, 3.8) is 0 Å². The van der Waals surface area contributed by atoms with Crippen LogP contribution in [0, 0.1) is 0 Å². The molecule has 114 valence electrons. The third-order valence-corrected chi connectivity index (χ3v) is 3.45. The predicted molar refractivity (Wildman–Crippen MR) is 84.9 cm³/mol. The van der Waals surface area contributed by atoms with E-state index in [9.17, 15) is 14.7 Å². The molecule has 22 heavy (non-hydrogen) atoms. The van der Waals surface area contributed by atoms with Crippen LogP contribution in [0.3, 0.4) is 0 Å². The van der Waals surface area contributed by atoms with Crippen LogP contribution in [-0.2, 0) is 22.4 Å². The van der Waals surface area contributed by atoms with Crippen molar-refractivity contribution in [3.8, 4) is 0 Å². The monoisotopic (exact) mass is 317 g/mol. The molecule has 0 spiro atoms. The van der Waals surface area contributed by atoms with Crippen LogP contribution < -0.4 is 5.32 Å². The Morgan fingerprint density at radius 3 is 2.23 bits per heavy atom. The second-order valence-electron chi connectivity index (χ2n) is 4.95. The Morgan fingerprint density at radius 1 is 1.00 bits per heavy atom. The summed E-state index contributed by atoms with van der Waals surface area (Å²) < 4.78 is 0. The number of benzene rings is 2. The third-order valence-electron chi connectivity index (χ3n) is 3.19. The summed E-state index contributed by atoms with van der Waals surface area (Å²) in [6.07, 6.45) is 0.373. The first kappa shape index (κ1) is 16.0. The summed E-state index contributed by atoms with van der Waals surface area (Å²) >= 11 is 5.79. The van der Waals surface area contributed by atoms with Crippen molar-refractivity contribution in [1.82, 2.24) is 5.32 Å².